The molecule has 1 aromatic rings. The molecule has 0 radical (unpaired) electrons. The van der Waals surface area contributed by atoms with Gasteiger partial charge in [0.25, 0.3) is 0 Å². The summed E-state index contributed by atoms with van der Waals surface area (Å²) in [5.74, 6) is 2.20. The molecule has 0 amide bonds. The molecule has 0 aromatic carbocycles. The predicted molar refractivity (Wildman–Crippen MR) is 79.5 cm³/mol. The molecule has 0 aliphatic heterocycles. The molecule has 2 atom stereocenters. The first kappa shape index (κ1) is 17.1. The van der Waals surface area contributed by atoms with Gasteiger partial charge >= 0.3 is 0 Å². The van der Waals surface area contributed by atoms with Crippen LogP contribution in [0.15, 0.2) is 4.52 Å². The summed E-state index contributed by atoms with van der Waals surface area (Å²) >= 11 is 0. The van der Waals surface area contributed by atoms with Crippen LogP contribution in [0.25, 0.3) is 0 Å². The van der Waals surface area contributed by atoms with E-state index in [-0.39, 0.29) is 6.10 Å². The molecule has 1 heterocycles. The lowest BCUT2D eigenvalue weighted by atomic mass is 10.0. The first-order chi connectivity index (χ1) is 9.49. The Labute approximate surface area is 122 Å². The lowest BCUT2D eigenvalue weighted by Crippen LogP contribution is -2.35. The van der Waals surface area contributed by atoms with Crippen molar-refractivity contribution in [2.24, 2.45) is 11.8 Å². The Hall–Kier alpha value is -0.940. The van der Waals surface area contributed by atoms with Crippen LogP contribution < -0.4 is 5.32 Å². The van der Waals surface area contributed by atoms with E-state index in [1.807, 2.05) is 6.92 Å². The maximum atomic E-state index is 5.70. The highest BCUT2D eigenvalue weighted by Gasteiger charge is 2.23. The topological polar surface area (TPSA) is 60.2 Å². The Bertz CT molecular complexity index is 377. The van der Waals surface area contributed by atoms with Crippen LogP contribution >= 0.6 is 0 Å². The molecular weight excluding hydrogens is 254 g/mol. The lowest BCUT2D eigenvalue weighted by molar-refractivity contribution is 0.0217. The fraction of sp³-hybridized carbons (Fsp3) is 0.867. The minimum Gasteiger partial charge on any atom is -0.370 e. The number of hydrogen-bond acceptors (Lipinski definition) is 5. The van der Waals surface area contributed by atoms with Gasteiger partial charge < -0.3 is 14.6 Å². The van der Waals surface area contributed by atoms with Gasteiger partial charge in [-0.05, 0) is 25.3 Å². The average molecular weight is 283 g/mol. The Morgan fingerprint density at radius 1 is 1.15 bits per heavy atom. The van der Waals surface area contributed by atoms with Crippen LogP contribution in [0, 0.1) is 11.8 Å². The molecule has 5 heteroatoms. The van der Waals surface area contributed by atoms with Gasteiger partial charge in [-0.15, -0.1) is 0 Å². The summed E-state index contributed by atoms with van der Waals surface area (Å²) in [7, 11) is 0. The maximum absolute atomic E-state index is 5.70. The van der Waals surface area contributed by atoms with E-state index in [9.17, 15) is 0 Å². The van der Waals surface area contributed by atoms with E-state index in [1.54, 1.807) is 0 Å². The normalized spacial score (nSPS) is 15.0. The second-order valence-corrected chi connectivity index (χ2v) is 5.78. The summed E-state index contributed by atoms with van der Waals surface area (Å²) < 4.78 is 11.1. The van der Waals surface area contributed by atoms with Crippen molar-refractivity contribution in [3.05, 3.63) is 11.7 Å². The van der Waals surface area contributed by atoms with Crippen molar-refractivity contribution in [2.45, 2.75) is 60.1 Å². The van der Waals surface area contributed by atoms with E-state index < -0.39 is 0 Å². The lowest BCUT2D eigenvalue weighted by Gasteiger charge is -2.19. The van der Waals surface area contributed by atoms with Crippen molar-refractivity contribution >= 4 is 0 Å². The summed E-state index contributed by atoms with van der Waals surface area (Å²) in [6.45, 7) is 14.3. The third-order valence-electron chi connectivity index (χ3n) is 3.36. The number of ether oxygens (including phenoxy) is 1. The summed E-state index contributed by atoms with van der Waals surface area (Å²) in [4.78, 5) is 4.51. The van der Waals surface area contributed by atoms with Gasteiger partial charge in [0.2, 0.25) is 11.7 Å². The molecule has 0 bridgehead atoms. The van der Waals surface area contributed by atoms with Crippen molar-refractivity contribution in [3.8, 4) is 0 Å². The van der Waals surface area contributed by atoms with E-state index in [0.29, 0.717) is 36.2 Å². The van der Waals surface area contributed by atoms with Crippen LogP contribution in [-0.2, 0) is 11.2 Å². The quantitative estimate of drug-likeness (QED) is 0.755. The zero-order chi connectivity index (χ0) is 15.1. The average Bonchev–Trinajstić information content (AvgIpc) is 2.83. The Morgan fingerprint density at radius 2 is 1.85 bits per heavy atom. The first-order valence-electron chi connectivity index (χ1n) is 7.66. The van der Waals surface area contributed by atoms with Gasteiger partial charge in [-0.2, -0.15) is 4.98 Å². The summed E-state index contributed by atoms with van der Waals surface area (Å²) in [5.41, 5.74) is 0. The Kier molecular flexibility index (Phi) is 7.16. The van der Waals surface area contributed by atoms with Crippen LogP contribution in [0.5, 0.6) is 0 Å². The van der Waals surface area contributed by atoms with E-state index in [4.69, 9.17) is 9.26 Å². The highest BCUT2D eigenvalue weighted by molar-refractivity contribution is 4.95. The third-order valence-corrected chi connectivity index (χ3v) is 3.36. The summed E-state index contributed by atoms with van der Waals surface area (Å²) in [5, 5.41) is 7.55. The molecule has 0 aliphatic rings. The summed E-state index contributed by atoms with van der Waals surface area (Å²) in [6, 6.07) is 0.359. The van der Waals surface area contributed by atoms with Crippen molar-refractivity contribution in [3.63, 3.8) is 0 Å². The van der Waals surface area contributed by atoms with Gasteiger partial charge in [-0.25, -0.2) is 0 Å². The monoisotopic (exact) mass is 283 g/mol. The fourth-order valence-corrected chi connectivity index (χ4v) is 2.21. The number of likely N-dealkylation sites (N-methyl/N-ethyl adjacent to an activating group) is 1. The van der Waals surface area contributed by atoms with Crippen molar-refractivity contribution in [1.82, 2.24) is 15.5 Å². The van der Waals surface area contributed by atoms with Crippen LogP contribution in [0.3, 0.4) is 0 Å². The molecule has 116 valence electrons. The molecule has 0 fully saturated rings. The number of nitrogens with zero attached hydrogens (tertiary/aromatic N) is 2. The second-order valence-electron chi connectivity index (χ2n) is 5.78. The standard InChI is InChI=1S/C15H29N3O2/c1-7-16-12(10(3)4)9-13-17-15(18-20-13)14(11(5)6)19-8-2/h10-12,14,16H,7-9H2,1-6H3. The van der Waals surface area contributed by atoms with Crippen LogP contribution in [0.4, 0.5) is 0 Å². The zero-order valence-electron chi connectivity index (χ0n) is 13.6. The van der Waals surface area contributed by atoms with E-state index >= 15 is 0 Å². The minimum absolute atomic E-state index is 0.0888. The van der Waals surface area contributed by atoms with Gasteiger partial charge in [0.05, 0.1) is 0 Å². The van der Waals surface area contributed by atoms with Gasteiger partial charge in [0.15, 0.2) is 0 Å². The molecule has 20 heavy (non-hydrogen) atoms. The number of aromatic nitrogens is 2. The third kappa shape index (κ3) is 4.87. The molecule has 1 rings (SSSR count). The highest BCUT2D eigenvalue weighted by atomic mass is 16.5. The number of hydrogen-bond donors (Lipinski definition) is 1. The number of nitrogens with one attached hydrogen (secondary N) is 1. The van der Waals surface area contributed by atoms with Gasteiger partial charge in [-0.1, -0.05) is 39.8 Å². The van der Waals surface area contributed by atoms with Crippen LogP contribution in [-0.4, -0.2) is 29.3 Å². The Morgan fingerprint density at radius 3 is 2.35 bits per heavy atom. The van der Waals surface area contributed by atoms with Crippen molar-refractivity contribution in [2.75, 3.05) is 13.2 Å². The van der Waals surface area contributed by atoms with Crippen molar-refractivity contribution < 1.29 is 9.26 Å². The molecular formula is C15H29N3O2. The van der Waals surface area contributed by atoms with Gasteiger partial charge in [0.1, 0.15) is 6.10 Å². The molecule has 0 saturated heterocycles. The SMILES string of the molecule is CCNC(Cc1nc(C(OCC)C(C)C)no1)C(C)C. The highest BCUT2D eigenvalue weighted by Crippen LogP contribution is 2.23. The molecule has 1 N–H and O–H groups in total. The molecule has 5 nitrogen and oxygen atoms in total. The van der Waals surface area contributed by atoms with E-state index in [2.05, 4.69) is 50.1 Å². The Balaban J connectivity index is 2.74. The molecule has 0 saturated carbocycles. The molecule has 0 spiro atoms. The van der Waals surface area contributed by atoms with E-state index in [0.717, 1.165) is 13.0 Å². The predicted octanol–water partition coefficient (Wildman–Crippen LogP) is 2.98. The van der Waals surface area contributed by atoms with Crippen LogP contribution in [0.2, 0.25) is 0 Å². The molecule has 2 unspecified atom stereocenters. The largest absolute Gasteiger partial charge is 0.370 e. The maximum Gasteiger partial charge on any atom is 0.228 e. The fourth-order valence-electron chi connectivity index (χ4n) is 2.21. The second kappa shape index (κ2) is 8.37. The first-order valence-corrected chi connectivity index (χ1v) is 7.66. The molecule has 1 aromatic heterocycles. The smallest absolute Gasteiger partial charge is 0.228 e. The van der Waals surface area contributed by atoms with E-state index in [1.165, 1.54) is 0 Å². The van der Waals surface area contributed by atoms with Gasteiger partial charge in [-0.3, -0.25) is 0 Å². The summed E-state index contributed by atoms with van der Waals surface area (Å²) in [6.07, 6.45) is 0.671. The van der Waals surface area contributed by atoms with Crippen LogP contribution in [0.1, 0.15) is 59.4 Å². The van der Waals surface area contributed by atoms with Crippen molar-refractivity contribution in [1.29, 1.82) is 0 Å². The molecule has 0 aliphatic carbocycles. The zero-order valence-corrected chi connectivity index (χ0v) is 13.6. The number of rotatable bonds is 9. The minimum atomic E-state index is -0.0888. The van der Waals surface area contributed by atoms with Gasteiger partial charge in [0, 0.05) is 19.1 Å².